The standard InChI is InChI=1S/C25H28N2O6/c28-22(27-16-25(23(29)30)10-5-11-25)15-32-13-12-26-24(31)33-14-21-19-8-3-1-6-17(19)18-7-2-4-9-20(18)21/h1-4,6-9,21H,5,10-16H2,(H,26,31)(H,27,28)(H,29,30). The average Bonchev–Trinajstić information content (AvgIpc) is 3.10. The van der Waals surface area contributed by atoms with Crippen LogP contribution in [0.1, 0.15) is 36.3 Å². The summed E-state index contributed by atoms with van der Waals surface area (Å²) in [4.78, 5) is 35.3. The second-order valence-electron chi connectivity index (χ2n) is 8.52. The van der Waals surface area contributed by atoms with E-state index in [0.717, 1.165) is 17.5 Å². The molecule has 8 nitrogen and oxygen atoms in total. The first-order chi connectivity index (χ1) is 16.0. The molecule has 2 aromatic rings. The molecule has 0 bridgehead atoms. The number of fused-ring (bicyclic) bond motifs is 3. The van der Waals surface area contributed by atoms with Crippen LogP contribution in [0.25, 0.3) is 11.1 Å². The average molecular weight is 453 g/mol. The lowest BCUT2D eigenvalue weighted by molar-refractivity contribution is -0.154. The summed E-state index contributed by atoms with van der Waals surface area (Å²) in [5.74, 6) is -1.25. The lowest BCUT2D eigenvalue weighted by atomic mass is 9.69. The van der Waals surface area contributed by atoms with Crippen LogP contribution >= 0.6 is 0 Å². The fourth-order valence-corrected chi connectivity index (χ4v) is 4.43. The van der Waals surface area contributed by atoms with Crippen LogP contribution in [0, 0.1) is 5.41 Å². The minimum Gasteiger partial charge on any atom is -0.481 e. The maximum absolute atomic E-state index is 12.1. The van der Waals surface area contributed by atoms with E-state index in [4.69, 9.17) is 9.47 Å². The number of carbonyl (C=O) groups is 3. The number of hydrogen-bond donors (Lipinski definition) is 3. The summed E-state index contributed by atoms with van der Waals surface area (Å²) in [6.07, 6.45) is 1.47. The van der Waals surface area contributed by atoms with Crippen LogP contribution in [0.4, 0.5) is 4.79 Å². The van der Waals surface area contributed by atoms with Crippen molar-refractivity contribution >= 4 is 18.0 Å². The van der Waals surface area contributed by atoms with Crippen LogP contribution in [-0.2, 0) is 19.1 Å². The SMILES string of the molecule is O=C(COCCNC(=O)OCC1c2ccccc2-c2ccccc21)NCC1(C(=O)O)CCC1. The minimum atomic E-state index is -0.873. The van der Waals surface area contributed by atoms with E-state index in [-0.39, 0.29) is 44.7 Å². The molecule has 0 heterocycles. The van der Waals surface area contributed by atoms with Crippen molar-refractivity contribution in [1.82, 2.24) is 10.6 Å². The maximum Gasteiger partial charge on any atom is 0.407 e. The molecule has 33 heavy (non-hydrogen) atoms. The van der Waals surface area contributed by atoms with Crippen molar-refractivity contribution in [2.75, 3.05) is 32.9 Å². The number of hydrogen-bond acceptors (Lipinski definition) is 5. The Morgan fingerprint density at radius 2 is 1.61 bits per heavy atom. The number of rotatable bonds is 10. The Balaban J connectivity index is 1.14. The molecule has 4 rings (SSSR count). The fraction of sp³-hybridized carbons (Fsp3) is 0.400. The Morgan fingerprint density at radius 1 is 0.970 bits per heavy atom. The van der Waals surface area contributed by atoms with E-state index >= 15 is 0 Å². The highest BCUT2D eigenvalue weighted by Crippen LogP contribution is 2.44. The van der Waals surface area contributed by atoms with Crippen molar-refractivity contribution in [1.29, 1.82) is 0 Å². The lowest BCUT2D eigenvalue weighted by Crippen LogP contribution is -2.48. The number of nitrogens with one attached hydrogen (secondary N) is 2. The van der Waals surface area contributed by atoms with E-state index in [2.05, 4.69) is 34.9 Å². The van der Waals surface area contributed by atoms with Crippen molar-refractivity contribution in [3.8, 4) is 11.1 Å². The Labute approximate surface area is 192 Å². The van der Waals surface area contributed by atoms with Gasteiger partial charge in [-0.05, 0) is 35.1 Å². The Bertz CT molecular complexity index is 988. The normalized spacial score (nSPS) is 15.6. The monoisotopic (exact) mass is 452 g/mol. The second-order valence-corrected chi connectivity index (χ2v) is 8.52. The largest absolute Gasteiger partial charge is 0.481 e. The number of alkyl carbamates (subject to hydrolysis) is 1. The molecule has 2 aromatic carbocycles. The Morgan fingerprint density at radius 3 is 2.18 bits per heavy atom. The van der Waals surface area contributed by atoms with Gasteiger partial charge >= 0.3 is 12.1 Å². The van der Waals surface area contributed by atoms with Crippen molar-refractivity contribution in [2.45, 2.75) is 25.2 Å². The van der Waals surface area contributed by atoms with Gasteiger partial charge in [-0.15, -0.1) is 0 Å². The first-order valence-corrected chi connectivity index (χ1v) is 11.2. The van der Waals surface area contributed by atoms with Crippen molar-refractivity contribution < 1.29 is 29.0 Å². The van der Waals surface area contributed by atoms with E-state index in [1.54, 1.807) is 0 Å². The fourth-order valence-electron chi connectivity index (χ4n) is 4.43. The molecule has 0 atom stereocenters. The summed E-state index contributed by atoms with van der Waals surface area (Å²) in [7, 11) is 0. The smallest absolute Gasteiger partial charge is 0.407 e. The quantitative estimate of drug-likeness (QED) is 0.478. The van der Waals surface area contributed by atoms with Gasteiger partial charge in [0.05, 0.1) is 12.0 Å². The molecule has 2 aliphatic carbocycles. The number of benzene rings is 2. The number of ether oxygens (including phenoxy) is 2. The Hall–Kier alpha value is -3.39. The van der Waals surface area contributed by atoms with Gasteiger partial charge in [0.2, 0.25) is 5.91 Å². The molecule has 8 heteroatoms. The van der Waals surface area contributed by atoms with Gasteiger partial charge < -0.3 is 25.2 Å². The van der Waals surface area contributed by atoms with E-state index in [1.807, 2.05) is 24.3 Å². The first kappa shape index (κ1) is 22.8. The summed E-state index contributed by atoms with van der Waals surface area (Å²) in [5.41, 5.74) is 3.79. The summed E-state index contributed by atoms with van der Waals surface area (Å²) in [6.45, 7) is 0.490. The van der Waals surface area contributed by atoms with Gasteiger partial charge in [0.1, 0.15) is 13.2 Å². The lowest BCUT2D eigenvalue weighted by Gasteiger charge is -2.37. The third-order valence-electron chi connectivity index (χ3n) is 6.48. The molecule has 0 radical (unpaired) electrons. The van der Waals surface area contributed by atoms with Gasteiger partial charge in [0.25, 0.3) is 0 Å². The van der Waals surface area contributed by atoms with E-state index < -0.39 is 17.5 Å². The van der Waals surface area contributed by atoms with Gasteiger partial charge in [-0.25, -0.2) is 4.79 Å². The van der Waals surface area contributed by atoms with E-state index in [9.17, 15) is 19.5 Å². The molecule has 2 aliphatic rings. The van der Waals surface area contributed by atoms with Crippen LogP contribution < -0.4 is 10.6 Å². The highest BCUT2D eigenvalue weighted by atomic mass is 16.5. The minimum absolute atomic E-state index is 0.00661. The number of aliphatic carboxylic acids is 1. The Kier molecular flexibility index (Phi) is 6.93. The summed E-state index contributed by atoms with van der Waals surface area (Å²) in [5, 5.41) is 14.5. The van der Waals surface area contributed by atoms with Crippen LogP contribution in [0.15, 0.2) is 48.5 Å². The number of carboxylic acids is 1. The summed E-state index contributed by atoms with van der Waals surface area (Å²) < 4.78 is 10.7. The van der Waals surface area contributed by atoms with Gasteiger partial charge in [0.15, 0.2) is 0 Å². The third kappa shape index (κ3) is 5.01. The van der Waals surface area contributed by atoms with Gasteiger partial charge in [0, 0.05) is 19.0 Å². The molecule has 0 saturated heterocycles. The highest BCUT2D eigenvalue weighted by Gasteiger charge is 2.44. The van der Waals surface area contributed by atoms with Crippen LogP contribution in [0.2, 0.25) is 0 Å². The third-order valence-corrected chi connectivity index (χ3v) is 6.48. The molecule has 174 valence electrons. The second kappa shape index (κ2) is 10.0. The summed E-state index contributed by atoms with van der Waals surface area (Å²) in [6, 6.07) is 16.3. The molecule has 0 aliphatic heterocycles. The molecular formula is C25H28N2O6. The zero-order valence-electron chi connectivity index (χ0n) is 18.3. The summed E-state index contributed by atoms with van der Waals surface area (Å²) >= 11 is 0. The van der Waals surface area contributed by atoms with E-state index in [1.165, 1.54) is 11.1 Å². The number of carbonyl (C=O) groups excluding carboxylic acids is 2. The molecule has 0 aromatic heterocycles. The number of carboxylic acid groups (broad SMARTS) is 1. The van der Waals surface area contributed by atoms with Crippen LogP contribution in [0.3, 0.4) is 0 Å². The molecule has 0 spiro atoms. The van der Waals surface area contributed by atoms with Crippen molar-refractivity contribution in [3.63, 3.8) is 0 Å². The van der Waals surface area contributed by atoms with Gasteiger partial charge in [-0.1, -0.05) is 55.0 Å². The van der Waals surface area contributed by atoms with E-state index in [0.29, 0.717) is 12.8 Å². The molecule has 1 saturated carbocycles. The van der Waals surface area contributed by atoms with Crippen LogP contribution in [0.5, 0.6) is 0 Å². The zero-order valence-corrected chi connectivity index (χ0v) is 18.3. The molecule has 3 N–H and O–H groups in total. The van der Waals surface area contributed by atoms with Crippen molar-refractivity contribution in [3.05, 3.63) is 59.7 Å². The molecule has 1 fully saturated rings. The topological polar surface area (TPSA) is 114 Å². The van der Waals surface area contributed by atoms with Gasteiger partial charge in [-0.3, -0.25) is 9.59 Å². The molecule has 2 amide bonds. The highest BCUT2D eigenvalue weighted by molar-refractivity contribution is 5.80. The molecule has 0 unspecified atom stereocenters. The van der Waals surface area contributed by atoms with Crippen molar-refractivity contribution in [2.24, 2.45) is 5.41 Å². The predicted octanol–water partition coefficient (Wildman–Crippen LogP) is 2.91. The van der Waals surface area contributed by atoms with Crippen LogP contribution in [-0.4, -0.2) is 56.0 Å². The molecular weight excluding hydrogens is 424 g/mol. The predicted molar refractivity (Wildman–Crippen MR) is 121 cm³/mol. The van der Waals surface area contributed by atoms with Gasteiger partial charge in [-0.2, -0.15) is 0 Å². The maximum atomic E-state index is 12.1. The first-order valence-electron chi connectivity index (χ1n) is 11.2. The zero-order chi connectivity index (χ0) is 23.3. The number of amides is 2.